The van der Waals surface area contributed by atoms with E-state index in [-0.39, 0.29) is 6.04 Å². The van der Waals surface area contributed by atoms with Gasteiger partial charge in [-0.1, -0.05) is 39.8 Å². The molecule has 114 valence electrons. The number of hydrogen-bond donors (Lipinski definition) is 1. The van der Waals surface area contributed by atoms with E-state index >= 15 is 0 Å². The SMILES string of the molecule is CCC(CC)N(CC(C)C)C(C)c1ccc(C)cc1O. The van der Waals surface area contributed by atoms with Crippen LogP contribution in [0, 0.1) is 12.8 Å². The third-order valence-corrected chi connectivity index (χ3v) is 4.12. The summed E-state index contributed by atoms with van der Waals surface area (Å²) in [5.41, 5.74) is 2.15. The Kier molecular flexibility index (Phi) is 6.54. The zero-order valence-corrected chi connectivity index (χ0v) is 14.0. The van der Waals surface area contributed by atoms with Gasteiger partial charge in [-0.3, -0.25) is 4.90 Å². The average Bonchev–Trinajstić information content (AvgIpc) is 2.37. The van der Waals surface area contributed by atoms with Crippen LogP contribution in [0.1, 0.15) is 64.6 Å². The summed E-state index contributed by atoms with van der Waals surface area (Å²) in [4.78, 5) is 2.55. The smallest absolute Gasteiger partial charge is 0.120 e. The maximum Gasteiger partial charge on any atom is 0.120 e. The molecule has 0 amide bonds. The van der Waals surface area contributed by atoms with Crippen LogP contribution in [0.4, 0.5) is 0 Å². The van der Waals surface area contributed by atoms with Crippen LogP contribution in [0.15, 0.2) is 18.2 Å². The van der Waals surface area contributed by atoms with Crippen LogP contribution in [-0.2, 0) is 0 Å². The Balaban J connectivity index is 3.05. The van der Waals surface area contributed by atoms with Crippen molar-refractivity contribution < 1.29 is 5.11 Å². The second-order valence-corrected chi connectivity index (χ2v) is 6.30. The molecule has 1 N–H and O–H groups in total. The molecule has 2 nitrogen and oxygen atoms in total. The number of aryl methyl sites for hydroxylation is 1. The summed E-state index contributed by atoms with van der Waals surface area (Å²) in [5.74, 6) is 1.06. The topological polar surface area (TPSA) is 23.5 Å². The summed E-state index contributed by atoms with van der Waals surface area (Å²) < 4.78 is 0. The number of benzene rings is 1. The van der Waals surface area contributed by atoms with Gasteiger partial charge >= 0.3 is 0 Å². The summed E-state index contributed by atoms with van der Waals surface area (Å²) >= 11 is 0. The zero-order valence-electron chi connectivity index (χ0n) is 14.0. The number of aromatic hydroxyl groups is 1. The van der Waals surface area contributed by atoms with Crippen molar-refractivity contribution >= 4 is 0 Å². The normalized spacial score (nSPS) is 13.4. The zero-order chi connectivity index (χ0) is 15.3. The van der Waals surface area contributed by atoms with Gasteiger partial charge in [0.15, 0.2) is 0 Å². The summed E-state index contributed by atoms with van der Waals surface area (Å²) in [6.07, 6.45) is 2.31. The fourth-order valence-corrected chi connectivity index (χ4v) is 2.99. The fourth-order valence-electron chi connectivity index (χ4n) is 2.99. The number of phenolic OH excluding ortho intramolecular Hbond substituents is 1. The molecule has 0 aromatic heterocycles. The van der Waals surface area contributed by atoms with E-state index in [9.17, 15) is 5.11 Å². The highest BCUT2D eigenvalue weighted by Crippen LogP contribution is 2.32. The highest BCUT2D eigenvalue weighted by Gasteiger charge is 2.24. The second kappa shape index (κ2) is 7.68. The lowest BCUT2D eigenvalue weighted by Crippen LogP contribution is -2.39. The molecule has 0 aliphatic heterocycles. The van der Waals surface area contributed by atoms with Crippen molar-refractivity contribution in [3.05, 3.63) is 29.3 Å². The highest BCUT2D eigenvalue weighted by molar-refractivity contribution is 5.37. The molecule has 0 spiro atoms. The van der Waals surface area contributed by atoms with Gasteiger partial charge in [0.25, 0.3) is 0 Å². The lowest BCUT2D eigenvalue weighted by atomic mass is 9.98. The van der Waals surface area contributed by atoms with Crippen molar-refractivity contribution in [3.63, 3.8) is 0 Å². The van der Waals surface area contributed by atoms with Gasteiger partial charge in [-0.05, 0) is 44.2 Å². The lowest BCUT2D eigenvalue weighted by molar-refractivity contribution is 0.116. The van der Waals surface area contributed by atoms with Crippen LogP contribution in [0.25, 0.3) is 0 Å². The Labute approximate surface area is 124 Å². The Bertz CT molecular complexity index is 410. The van der Waals surface area contributed by atoms with E-state index in [1.807, 2.05) is 13.0 Å². The minimum atomic E-state index is 0.253. The predicted molar refractivity (Wildman–Crippen MR) is 87.2 cm³/mol. The second-order valence-electron chi connectivity index (χ2n) is 6.30. The number of hydrogen-bond acceptors (Lipinski definition) is 2. The molecule has 0 aliphatic rings. The van der Waals surface area contributed by atoms with Crippen molar-refractivity contribution in [1.82, 2.24) is 4.90 Å². The van der Waals surface area contributed by atoms with Crippen molar-refractivity contribution in [2.24, 2.45) is 5.92 Å². The van der Waals surface area contributed by atoms with Gasteiger partial charge in [0.05, 0.1) is 0 Å². The van der Waals surface area contributed by atoms with Crippen molar-refractivity contribution in [3.8, 4) is 5.75 Å². The fraction of sp³-hybridized carbons (Fsp3) is 0.667. The van der Waals surface area contributed by atoms with E-state index in [1.54, 1.807) is 0 Å². The monoisotopic (exact) mass is 277 g/mol. The largest absolute Gasteiger partial charge is 0.508 e. The van der Waals surface area contributed by atoms with Crippen LogP contribution in [0.2, 0.25) is 0 Å². The molecule has 20 heavy (non-hydrogen) atoms. The van der Waals surface area contributed by atoms with Crippen molar-refractivity contribution in [2.75, 3.05) is 6.54 Å². The summed E-state index contributed by atoms with van der Waals surface area (Å²) in [5, 5.41) is 10.2. The summed E-state index contributed by atoms with van der Waals surface area (Å²) in [7, 11) is 0. The Hall–Kier alpha value is -1.02. The molecule has 0 saturated heterocycles. The molecule has 0 fully saturated rings. The van der Waals surface area contributed by atoms with Crippen LogP contribution in [-0.4, -0.2) is 22.6 Å². The third-order valence-electron chi connectivity index (χ3n) is 4.12. The minimum absolute atomic E-state index is 0.253. The van der Waals surface area contributed by atoms with Gasteiger partial charge in [-0.15, -0.1) is 0 Å². The van der Waals surface area contributed by atoms with E-state index < -0.39 is 0 Å². The molecule has 2 heteroatoms. The van der Waals surface area contributed by atoms with E-state index in [0.717, 1.165) is 30.5 Å². The average molecular weight is 277 g/mol. The first-order chi connectivity index (χ1) is 9.40. The maximum absolute atomic E-state index is 10.2. The molecular weight excluding hydrogens is 246 g/mol. The van der Waals surface area contributed by atoms with Gasteiger partial charge < -0.3 is 5.11 Å². The molecule has 0 heterocycles. The van der Waals surface area contributed by atoms with Crippen molar-refractivity contribution in [1.29, 1.82) is 0 Å². The molecule has 1 unspecified atom stereocenters. The van der Waals surface area contributed by atoms with Gasteiger partial charge in [0.2, 0.25) is 0 Å². The predicted octanol–water partition coefficient (Wildman–Crippen LogP) is 4.91. The number of nitrogens with zero attached hydrogens (tertiary/aromatic N) is 1. The summed E-state index contributed by atoms with van der Waals surface area (Å²) in [6.45, 7) is 14.3. The molecular formula is C18H31NO. The Morgan fingerprint density at radius 1 is 1.10 bits per heavy atom. The van der Waals surface area contributed by atoms with E-state index in [0.29, 0.717) is 17.7 Å². The van der Waals surface area contributed by atoms with E-state index in [4.69, 9.17) is 0 Å². The maximum atomic E-state index is 10.2. The Morgan fingerprint density at radius 2 is 1.70 bits per heavy atom. The van der Waals surface area contributed by atoms with Gasteiger partial charge in [0.1, 0.15) is 5.75 Å². The van der Waals surface area contributed by atoms with Gasteiger partial charge in [0, 0.05) is 24.2 Å². The molecule has 1 atom stereocenters. The molecule has 1 rings (SSSR count). The van der Waals surface area contributed by atoms with Gasteiger partial charge in [-0.25, -0.2) is 0 Å². The van der Waals surface area contributed by atoms with E-state index in [2.05, 4.69) is 51.7 Å². The van der Waals surface area contributed by atoms with Gasteiger partial charge in [-0.2, -0.15) is 0 Å². The molecule has 0 bridgehead atoms. The first-order valence-corrected chi connectivity index (χ1v) is 7.95. The van der Waals surface area contributed by atoms with Crippen LogP contribution >= 0.6 is 0 Å². The van der Waals surface area contributed by atoms with E-state index in [1.165, 1.54) is 0 Å². The summed E-state index contributed by atoms with van der Waals surface area (Å²) in [6, 6.07) is 6.86. The number of phenols is 1. The molecule has 0 radical (unpaired) electrons. The third kappa shape index (κ3) is 4.24. The van der Waals surface area contributed by atoms with Crippen LogP contribution in [0.5, 0.6) is 5.75 Å². The molecule has 0 saturated carbocycles. The first-order valence-electron chi connectivity index (χ1n) is 7.95. The minimum Gasteiger partial charge on any atom is -0.508 e. The lowest BCUT2D eigenvalue weighted by Gasteiger charge is -2.37. The van der Waals surface area contributed by atoms with Crippen molar-refractivity contribution in [2.45, 2.75) is 66.5 Å². The highest BCUT2D eigenvalue weighted by atomic mass is 16.3. The van der Waals surface area contributed by atoms with Crippen LogP contribution < -0.4 is 0 Å². The molecule has 0 aliphatic carbocycles. The first kappa shape index (κ1) is 17.0. The Morgan fingerprint density at radius 3 is 2.15 bits per heavy atom. The number of rotatable bonds is 7. The standard InChI is InChI=1S/C18H31NO/c1-7-16(8-2)19(12-13(3)4)15(6)17-10-9-14(5)11-18(17)20/h9-11,13,15-16,20H,7-8,12H2,1-6H3. The quantitative estimate of drug-likeness (QED) is 0.765. The molecule has 1 aromatic carbocycles. The molecule has 1 aromatic rings. The van der Waals surface area contributed by atoms with Crippen LogP contribution in [0.3, 0.4) is 0 Å².